The topological polar surface area (TPSA) is 71.5 Å². The lowest BCUT2D eigenvalue weighted by Gasteiger charge is -2.29. The van der Waals surface area contributed by atoms with Crippen molar-refractivity contribution < 1.29 is 14.3 Å². The van der Waals surface area contributed by atoms with Crippen molar-refractivity contribution in [1.82, 2.24) is 10.3 Å². The zero-order valence-electron chi connectivity index (χ0n) is 15.5. The van der Waals surface area contributed by atoms with Crippen LogP contribution in [-0.4, -0.2) is 29.0 Å². The molecule has 0 saturated carbocycles. The van der Waals surface area contributed by atoms with Gasteiger partial charge in [0.2, 0.25) is 0 Å². The van der Waals surface area contributed by atoms with Crippen LogP contribution in [0.5, 0.6) is 5.75 Å². The summed E-state index contributed by atoms with van der Waals surface area (Å²) in [7, 11) is 1.56. The molecule has 2 aromatic carbocycles. The summed E-state index contributed by atoms with van der Waals surface area (Å²) in [4.78, 5) is 31.2. The summed E-state index contributed by atoms with van der Waals surface area (Å²) in [6.07, 6.45) is 1.40. The van der Waals surface area contributed by atoms with E-state index in [9.17, 15) is 9.59 Å². The molecule has 1 saturated heterocycles. The zero-order chi connectivity index (χ0) is 21.4. The number of nitrogens with one attached hydrogen (secondary N) is 1. The van der Waals surface area contributed by atoms with Gasteiger partial charge in [0.25, 0.3) is 11.8 Å². The molecule has 1 aliphatic heterocycles. The van der Waals surface area contributed by atoms with Gasteiger partial charge in [0.1, 0.15) is 16.5 Å². The molecule has 4 rings (SSSR count). The molecule has 2 heterocycles. The molecule has 0 radical (unpaired) electrons. The lowest BCUT2D eigenvalue weighted by molar-refractivity contribution is -0.122. The van der Waals surface area contributed by atoms with Crippen LogP contribution in [0.15, 0.2) is 54.1 Å². The average molecular weight is 458 g/mol. The summed E-state index contributed by atoms with van der Waals surface area (Å²) >= 11 is 17.4. The molecule has 1 N–H and O–H groups in total. The van der Waals surface area contributed by atoms with Gasteiger partial charge in [0, 0.05) is 22.0 Å². The van der Waals surface area contributed by atoms with E-state index in [-0.39, 0.29) is 15.8 Å². The van der Waals surface area contributed by atoms with E-state index in [4.69, 9.17) is 40.2 Å². The second kappa shape index (κ2) is 8.02. The molecule has 0 unspecified atom stereocenters. The highest BCUT2D eigenvalue weighted by Crippen LogP contribution is 2.28. The van der Waals surface area contributed by atoms with Crippen molar-refractivity contribution in [2.24, 2.45) is 0 Å². The summed E-state index contributed by atoms with van der Waals surface area (Å²) in [5, 5.41) is 3.96. The molecule has 3 aromatic rings. The molecule has 0 atom stereocenters. The maximum atomic E-state index is 13.1. The minimum atomic E-state index is -0.610. The van der Waals surface area contributed by atoms with Gasteiger partial charge in [-0.25, -0.2) is 4.98 Å². The highest BCUT2D eigenvalue weighted by molar-refractivity contribution is 7.80. The van der Waals surface area contributed by atoms with Gasteiger partial charge in [0.15, 0.2) is 5.11 Å². The van der Waals surface area contributed by atoms with Crippen molar-refractivity contribution in [2.75, 3.05) is 12.0 Å². The maximum absolute atomic E-state index is 13.1. The number of anilines is 1. The number of benzene rings is 2. The van der Waals surface area contributed by atoms with E-state index >= 15 is 0 Å². The van der Waals surface area contributed by atoms with E-state index in [0.29, 0.717) is 27.5 Å². The molecule has 1 aliphatic rings. The lowest BCUT2D eigenvalue weighted by atomic mass is 10.1. The van der Waals surface area contributed by atoms with Crippen molar-refractivity contribution in [2.45, 2.75) is 0 Å². The molecular formula is C21H13Cl2N3O3S. The van der Waals surface area contributed by atoms with Gasteiger partial charge in [-0.1, -0.05) is 23.2 Å². The molecule has 150 valence electrons. The smallest absolute Gasteiger partial charge is 0.270 e. The second-order valence-electron chi connectivity index (χ2n) is 6.36. The third-order valence-corrected chi connectivity index (χ3v) is 5.33. The van der Waals surface area contributed by atoms with Crippen LogP contribution >= 0.6 is 35.4 Å². The van der Waals surface area contributed by atoms with Gasteiger partial charge in [-0.15, -0.1) is 0 Å². The number of pyridine rings is 1. The van der Waals surface area contributed by atoms with E-state index in [2.05, 4.69) is 10.3 Å². The van der Waals surface area contributed by atoms with Crippen LogP contribution in [0.1, 0.15) is 5.56 Å². The normalized spacial score (nSPS) is 15.6. The quantitative estimate of drug-likeness (QED) is 0.273. The zero-order valence-corrected chi connectivity index (χ0v) is 17.8. The number of halogens is 2. The summed E-state index contributed by atoms with van der Waals surface area (Å²) in [5.41, 5.74) is 1.42. The molecule has 0 spiro atoms. The Hall–Kier alpha value is -3.00. The van der Waals surface area contributed by atoms with Crippen LogP contribution in [0, 0.1) is 0 Å². The monoisotopic (exact) mass is 457 g/mol. The van der Waals surface area contributed by atoms with Crippen molar-refractivity contribution in [3.63, 3.8) is 0 Å². The molecule has 0 aliphatic carbocycles. The number of ether oxygens (including phenoxy) is 1. The summed E-state index contributed by atoms with van der Waals surface area (Å²) in [6.45, 7) is 0. The van der Waals surface area contributed by atoms with Gasteiger partial charge in [-0.3, -0.25) is 19.8 Å². The third-order valence-electron chi connectivity index (χ3n) is 4.49. The molecule has 1 aromatic heterocycles. The molecule has 9 heteroatoms. The Morgan fingerprint density at radius 1 is 1.10 bits per heavy atom. The first kappa shape index (κ1) is 20.3. The number of carbonyl (C=O) groups is 2. The van der Waals surface area contributed by atoms with Crippen LogP contribution in [0.2, 0.25) is 10.2 Å². The minimum absolute atomic E-state index is 0.0145. The van der Waals surface area contributed by atoms with Crippen molar-refractivity contribution in [3.8, 4) is 5.75 Å². The molecule has 1 fully saturated rings. The van der Waals surface area contributed by atoms with Crippen LogP contribution in [0.3, 0.4) is 0 Å². The van der Waals surface area contributed by atoms with Gasteiger partial charge < -0.3 is 4.74 Å². The molecule has 0 bridgehead atoms. The number of thiocarbonyl (C=S) groups is 1. The first-order valence-corrected chi connectivity index (χ1v) is 9.85. The fourth-order valence-electron chi connectivity index (χ4n) is 3.01. The van der Waals surface area contributed by atoms with Gasteiger partial charge in [0.05, 0.1) is 18.3 Å². The summed E-state index contributed by atoms with van der Waals surface area (Å²) in [6, 6.07) is 13.6. The Bertz CT molecular complexity index is 1240. The van der Waals surface area contributed by atoms with E-state index in [1.54, 1.807) is 49.6 Å². The Kier molecular flexibility index (Phi) is 5.42. The minimum Gasteiger partial charge on any atom is -0.497 e. The Morgan fingerprint density at radius 3 is 2.53 bits per heavy atom. The molecule has 6 nitrogen and oxygen atoms in total. The summed E-state index contributed by atoms with van der Waals surface area (Å²) in [5.74, 6) is -0.538. The lowest BCUT2D eigenvalue weighted by Crippen LogP contribution is -2.54. The largest absolute Gasteiger partial charge is 0.497 e. The number of fused-ring (bicyclic) bond motifs is 1. The molecular weight excluding hydrogens is 445 g/mol. The Labute approximate surface area is 187 Å². The fourth-order valence-corrected chi connectivity index (χ4v) is 3.61. The maximum Gasteiger partial charge on any atom is 0.270 e. The van der Waals surface area contributed by atoms with Crippen LogP contribution in [0.4, 0.5) is 5.69 Å². The highest BCUT2D eigenvalue weighted by atomic mass is 35.5. The number of hydrogen-bond acceptors (Lipinski definition) is 5. The van der Waals surface area contributed by atoms with Crippen LogP contribution in [-0.2, 0) is 9.59 Å². The Balaban J connectivity index is 1.77. The first-order chi connectivity index (χ1) is 14.4. The predicted molar refractivity (Wildman–Crippen MR) is 121 cm³/mol. The number of carbonyl (C=O) groups excluding carboxylic acids is 2. The van der Waals surface area contributed by atoms with E-state index in [1.165, 1.54) is 11.0 Å². The van der Waals surface area contributed by atoms with E-state index < -0.39 is 11.8 Å². The standard InChI is InChI=1S/C21H13Cl2N3O3S/c1-29-15-7-2-11-8-12(18(23)24-17(11)10-15)9-16-19(27)25-21(30)26(20(16)28)14-5-3-13(22)4-6-14/h2-10H,1H3,(H,25,27,30)/b16-9+. The van der Waals surface area contributed by atoms with Crippen LogP contribution < -0.4 is 15.0 Å². The van der Waals surface area contributed by atoms with Gasteiger partial charge in [-0.2, -0.15) is 0 Å². The van der Waals surface area contributed by atoms with Crippen molar-refractivity contribution >= 4 is 75.0 Å². The number of rotatable bonds is 3. The fraction of sp³-hybridized carbons (Fsp3) is 0.0476. The predicted octanol–water partition coefficient (Wildman–Crippen LogP) is 4.38. The van der Waals surface area contributed by atoms with Gasteiger partial charge >= 0.3 is 0 Å². The summed E-state index contributed by atoms with van der Waals surface area (Å²) < 4.78 is 5.19. The first-order valence-electron chi connectivity index (χ1n) is 8.68. The number of amides is 2. The SMILES string of the molecule is COc1ccc2cc(/C=C3\C(=O)NC(=S)N(c4ccc(Cl)cc4)C3=O)c(Cl)nc2c1. The number of hydrogen-bond donors (Lipinski definition) is 1. The number of nitrogens with zero attached hydrogens (tertiary/aromatic N) is 2. The highest BCUT2D eigenvalue weighted by Gasteiger charge is 2.34. The molecule has 30 heavy (non-hydrogen) atoms. The number of aromatic nitrogens is 1. The van der Waals surface area contributed by atoms with E-state index in [1.807, 2.05) is 6.07 Å². The van der Waals surface area contributed by atoms with Crippen molar-refractivity contribution in [1.29, 1.82) is 0 Å². The average Bonchev–Trinajstić information content (AvgIpc) is 2.72. The molecule has 2 amide bonds. The number of methoxy groups -OCH3 is 1. The van der Waals surface area contributed by atoms with Crippen LogP contribution in [0.25, 0.3) is 17.0 Å². The second-order valence-corrected chi connectivity index (χ2v) is 7.54. The van der Waals surface area contributed by atoms with E-state index in [0.717, 1.165) is 5.39 Å². The van der Waals surface area contributed by atoms with Gasteiger partial charge in [-0.05, 0) is 60.8 Å². The van der Waals surface area contributed by atoms with Crippen molar-refractivity contribution in [3.05, 3.63) is 69.8 Å². The third kappa shape index (κ3) is 3.75. The Morgan fingerprint density at radius 2 is 1.83 bits per heavy atom.